The molecule has 4 rings (SSSR count). The minimum absolute atomic E-state index is 0.0592. The van der Waals surface area contributed by atoms with E-state index in [-0.39, 0.29) is 25.5 Å². The first-order valence-electron chi connectivity index (χ1n) is 12.7. The van der Waals surface area contributed by atoms with Crippen molar-refractivity contribution in [3.63, 3.8) is 0 Å². The van der Waals surface area contributed by atoms with Crippen molar-refractivity contribution in [2.45, 2.75) is 31.0 Å². The molecule has 0 fully saturated rings. The van der Waals surface area contributed by atoms with Crippen molar-refractivity contribution < 1.29 is 24.2 Å². The number of rotatable bonds is 11. The predicted octanol–water partition coefficient (Wildman–Crippen LogP) is 3.62. The lowest BCUT2D eigenvalue weighted by Crippen LogP contribution is -2.54. The van der Waals surface area contributed by atoms with Gasteiger partial charge in [0, 0.05) is 25.4 Å². The van der Waals surface area contributed by atoms with Crippen LogP contribution in [0.25, 0.3) is 11.1 Å². The first-order chi connectivity index (χ1) is 18.9. The smallest absolute Gasteiger partial charge is 0.407 e. The van der Waals surface area contributed by atoms with Gasteiger partial charge in [0.05, 0.1) is 0 Å². The number of alkyl carbamates (subject to hydrolysis) is 1. The van der Waals surface area contributed by atoms with Gasteiger partial charge in [-0.25, -0.2) is 9.59 Å². The predicted molar refractivity (Wildman–Crippen MR) is 148 cm³/mol. The standard InChI is InChI=1S/C31H31N3O5/c1-3-11-27(29(35)32-28(30(36)37)19-34(2)18-21-12-5-4-6-13-21)33-31(38)39-20-26-24-16-9-7-14-22(24)23-15-8-10-17-25(23)26/h1,4-10,12-17,26-28H,11,18-20H2,2H3,(H,32,35)(H,33,38)(H,36,37). The van der Waals surface area contributed by atoms with E-state index in [4.69, 9.17) is 11.2 Å². The molecule has 2 atom stereocenters. The van der Waals surface area contributed by atoms with Gasteiger partial charge in [-0.05, 0) is 34.9 Å². The number of carboxylic acid groups (broad SMARTS) is 1. The maximum Gasteiger partial charge on any atom is 0.407 e. The fourth-order valence-corrected chi connectivity index (χ4v) is 4.84. The summed E-state index contributed by atoms with van der Waals surface area (Å²) < 4.78 is 5.53. The number of benzene rings is 3. The van der Waals surface area contributed by atoms with E-state index in [1.54, 1.807) is 11.9 Å². The van der Waals surface area contributed by atoms with E-state index >= 15 is 0 Å². The summed E-state index contributed by atoms with van der Waals surface area (Å²) in [6.45, 7) is 0.641. The zero-order chi connectivity index (χ0) is 27.8. The molecule has 0 saturated carbocycles. The van der Waals surface area contributed by atoms with Crippen molar-refractivity contribution in [1.29, 1.82) is 0 Å². The van der Waals surface area contributed by atoms with Gasteiger partial charge in [-0.3, -0.25) is 9.69 Å². The molecule has 0 heterocycles. The summed E-state index contributed by atoms with van der Waals surface area (Å²) >= 11 is 0. The summed E-state index contributed by atoms with van der Waals surface area (Å²) in [4.78, 5) is 39.3. The normalized spacial score (nSPS) is 13.5. The van der Waals surface area contributed by atoms with E-state index in [1.165, 1.54) is 0 Å². The Hall–Kier alpha value is -4.61. The maximum absolute atomic E-state index is 13.0. The third-order valence-electron chi connectivity index (χ3n) is 6.68. The third-order valence-corrected chi connectivity index (χ3v) is 6.68. The summed E-state index contributed by atoms with van der Waals surface area (Å²) in [6, 6.07) is 23.2. The Bertz CT molecular complexity index is 1320. The third kappa shape index (κ3) is 6.83. The number of aliphatic carboxylic acids is 1. The summed E-state index contributed by atoms with van der Waals surface area (Å²) in [5.74, 6) is 0.342. The molecule has 0 aromatic heterocycles. The van der Waals surface area contributed by atoms with Gasteiger partial charge in [0.1, 0.15) is 18.7 Å². The van der Waals surface area contributed by atoms with Crippen LogP contribution in [0.15, 0.2) is 78.9 Å². The van der Waals surface area contributed by atoms with Crippen LogP contribution in [0, 0.1) is 12.3 Å². The van der Waals surface area contributed by atoms with Crippen LogP contribution in [0.3, 0.4) is 0 Å². The summed E-state index contributed by atoms with van der Waals surface area (Å²) in [6.07, 6.45) is 4.51. The highest BCUT2D eigenvalue weighted by Gasteiger charge is 2.31. The Morgan fingerprint density at radius 3 is 2.10 bits per heavy atom. The lowest BCUT2D eigenvalue weighted by Gasteiger charge is -2.24. The number of carbonyl (C=O) groups excluding carboxylic acids is 2. The van der Waals surface area contributed by atoms with E-state index in [0.717, 1.165) is 27.8 Å². The molecule has 200 valence electrons. The molecular weight excluding hydrogens is 494 g/mol. The molecule has 39 heavy (non-hydrogen) atoms. The highest BCUT2D eigenvalue weighted by atomic mass is 16.5. The molecule has 0 aliphatic heterocycles. The first kappa shape index (κ1) is 27.4. The number of fused-ring (bicyclic) bond motifs is 3. The maximum atomic E-state index is 13.0. The summed E-state index contributed by atoms with van der Waals surface area (Å²) in [5.41, 5.74) is 5.34. The molecule has 3 aromatic carbocycles. The number of carboxylic acids is 1. The molecule has 2 unspecified atom stereocenters. The molecule has 3 N–H and O–H groups in total. The lowest BCUT2D eigenvalue weighted by molar-refractivity contribution is -0.142. The fraction of sp³-hybridized carbons (Fsp3) is 0.258. The number of hydrogen-bond donors (Lipinski definition) is 3. The number of nitrogens with one attached hydrogen (secondary N) is 2. The van der Waals surface area contributed by atoms with Gasteiger partial charge in [0.25, 0.3) is 0 Å². The van der Waals surface area contributed by atoms with Crippen LogP contribution in [0.2, 0.25) is 0 Å². The average molecular weight is 526 g/mol. The highest BCUT2D eigenvalue weighted by Crippen LogP contribution is 2.44. The van der Waals surface area contributed by atoms with Crippen molar-refractivity contribution in [3.05, 3.63) is 95.6 Å². The number of nitrogens with zero attached hydrogens (tertiary/aromatic N) is 1. The molecule has 0 radical (unpaired) electrons. The Morgan fingerprint density at radius 2 is 1.51 bits per heavy atom. The first-order valence-corrected chi connectivity index (χ1v) is 12.7. The number of hydrogen-bond acceptors (Lipinski definition) is 5. The Labute approximate surface area is 228 Å². The molecule has 2 amide bonds. The van der Waals surface area contributed by atoms with E-state index in [2.05, 4.69) is 16.6 Å². The zero-order valence-corrected chi connectivity index (χ0v) is 21.7. The van der Waals surface area contributed by atoms with Gasteiger partial charge in [-0.2, -0.15) is 0 Å². The van der Waals surface area contributed by atoms with E-state index < -0.39 is 30.1 Å². The van der Waals surface area contributed by atoms with Gasteiger partial charge < -0.3 is 20.5 Å². The van der Waals surface area contributed by atoms with Crippen molar-refractivity contribution in [3.8, 4) is 23.5 Å². The van der Waals surface area contributed by atoms with Crippen molar-refractivity contribution >= 4 is 18.0 Å². The fourth-order valence-electron chi connectivity index (χ4n) is 4.84. The van der Waals surface area contributed by atoms with Gasteiger partial charge in [0.2, 0.25) is 5.91 Å². The lowest BCUT2D eigenvalue weighted by atomic mass is 9.98. The van der Waals surface area contributed by atoms with Crippen LogP contribution in [0.4, 0.5) is 4.79 Å². The second kappa shape index (κ2) is 12.8. The topological polar surface area (TPSA) is 108 Å². The molecule has 8 nitrogen and oxygen atoms in total. The number of likely N-dealkylation sites (N-methyl/N-ethyl adjacent to an activating group) is 1. The van der Waals surface area contributed by atoms with Gasteiger partial charge in [-0.15, -0.1) is 12.3 Å². The number of carbonyl (C=O) groups is 3. The van der Waals surface area contributed by atoms with Crippen LogP contribution >= 0.6 is 0 Å². The number of ether oxygens (including phenoxy) is 1. The number of amides is 2. The highest BCUT2D eigenvalue weighted by molar-refractivity contribution is 5.89. The monoisotopic (exact) mass is 525 g/mol. The molecule has 1 aliphatic carbocycles. The molecular formula is C31H31N3O5. The molecule has 3 aromatic rings. The van der Waals surface area contributed by atoms with E-state index in [9.17, 15) is 19.5 Å². The Kier molecular flexibility index (Phi) is 8.97. The van der Waals surface area contributed by atoms with Crippen molar-refractivity contribution in [1.82, 2.24) is 15.5 Å². The summed E-state index contributed by atoms with van der Waals surface area (Å²) in [7, 11) is 1.77. The van der Waals surface area contributed by atoms with Crippen LogP contribution < -0.4 is 10.6 Å². The van der Waals surface area contributed by atoms with Crippen molar-refractivity contribution in [2.24, 2.45) is 0 Å². The van der Waals surface area contributed by atoms with Gasteiger partial charge >= 0.3 is 12.1 Å². The second-order valence-electron chi connectivity index (χ2n) is 9.51. The molecule has 0 saturated heterocycles. The average Bonchev–Trinajstić information content (AvgIpc) is 3.25. The zero-order valence-electron chi connectivity index (χ0n) is 21.7. The second-order valence-corrected chi connectivity index (χ2v) is 9.51. The van der Waals surface area contributed by atoms with Crippen LogP contribution in [0.5, 0.6) is 0 Å². The molecule has 1 aliphatic rings. The van der Waals surface area contributed by atoms with Gasteiger partial charge in [-0.1, -0.05) is 78.9 Å². The van der Waals surface area contributed by atoms with Crippen LogP contribution in [0.1, 0.15) is 29.0 Å². The quantitative estimate of drug-likeness (QED) is 0.330. The van der Waals surface area contributed by atoms with Crippen molar-refractivity contribution in [2.75, 3.05) is 20.2 Å². The SMILES string of the molecule is C#CCC(NC(=O)OCC1c2ccccc2-c2ccccc21)C(=O)NC(CN(C)Cc1ccccc1)C(=O)O. The van der Waals surface area contributed by atoms with Crippen LogP contribution in [-0.2, 0) is 20.9 Å². The Balaban J connectivity index is 1.35. The minimum atomic E-state index is -1.20. The minimum Gasteiger partial charge on any atom is -0.480 e. The largest absolute Gasteiger partial charge is 0.480 e. The van der Waals surface area contributed by atoms with Crippen LogP contribution in [-0.4, -0.2) is 60.3 Å². The molecule has 0 bridgehead atoms. The van der Waals surface area contributed by atoms with E-state index in [1.807, 2.05) is 78.9 Å². The van der Waals surface area contributed by atoms with E-state index in [0.29, 0.717) is 6.54 Å². The van der Waals surface area contributed by atoms with Gasteiger partial charge in [0.15, 0.2) is 0 Å². The number of terminal acetylenes is 1. The Morgan fingerprint density at radius 1 is 0.923 bits per heavy atom. The summed E-state index contributed by atoms with van der Waals surface area (Å²) in [5, 5.41) is 14.7. The molecule has 0 spiro atoms. The molecule has 8 heteroatoms.